The molecule has 0 aliphatic carbocycles. The molecule has 9 heteroatoms. The molecule has 132 valence electrons. The second-order valence-electron chi connectivity index (χ2n) is 4.18. The van der Waals surface area contributed by atoms with Crippen molar-refractivity contribution < 1.29 is 67.7 Å². The maximum atomic E-state index is 11.9. The van der Waals surface area contributed by atoms with Crippen LogP contribution in [-0.4, -0.2) is 50.3 Å². The van der Waals surface area contributed by atoms with Gasteiger partial charge < -0.3 is 18.9 Å². The second kappa shape index (κ2) is 14.1. The summed E-state index contributed by atoms with van der Waals surface area (Å²) in [5, 5.41) is 0. The summed E-state index contributed by atoms with van der Waals surface area (Å²) >= 11 is 0. The summed E-state index contributed by atoms with van der Waals surface area (Å²) in [7, 11) is 0. The van der Waals surface area contributed by atoms with Gasteiger partial charge in [-0.25, -0.2) is 0 Å². The average molecular weight is 354 g/mol. The molecule has 0 spiro atoms. The van der Waals surface area contributed by atoms with Crippen LogP contribution < -0.4 is 29.6 Å². The van der Waals surface area contributed by atoms with E-state index in [1.54, 1.807) is 27.7 Å². The Bertz CT molecular complexity index is 350. The molecule has 8 nitrogen and oxygen atoms in total. The minimum atomic E-state index is -1.43. The Morgan fingerprint density at radius 3 is 1.33 bits per heavy atom. The van der Waals surface area contributed by atoms with Crippen LogP contribution in [0.5, 0.6) is 0 Å². The Labute approximate surface area is 163 Å². The number of carbonyl (C=O) groups excluding carboxylic acids is 4. The van der Waals surface area contributed by atoms with Crippen molar-refractivity contribution in [2.45, 2.75) is 34.1 Å². The largest absolute Gasteiger partial charge is 1.00 e. The molecule has 0 saturated carbocycles. The van der Waals surface area contributed by atoms with Crippen LogP contribution >= 0.6 is 0 Å². The fourth-order valence-corrected chi connectivity index (χ4v) is 1.64. The van der Waals surface area contributed by atoms with Crippen molar-refractivity contribution in [2.75, 3.05) is 26.4 Å². The van der Waals surface area contributed by atoms with Gasteiger partial charge >= 0.3 is 41.5 Å². The van der Waals surface area contributed by atoms with Gasteiger partial charge in [0.15, 0.2) is 11.9 Å². The van der Waals surface area contributed by atoms with Crippen LogP contribution in [0.4, 0.5) is 0 Å². The normalized spacial score (nSPS) is 9.54. The van der Waals surface area contributed by atoms with Gasteiger partial charge in [0.05, 0.1) is 26.4 Å². The zero-order chi connectivity index (χ0) is 17.8. The van der Waals surface area contributed by atoms with Crippen LogP contribution in [0.1, 0.15) is 34.1 Å². The molecule has 0 aliphatic heterocycles. The van der Waals surface area contributed by atoms with Crippen molar-refractivity contribution in [3.8, 4) is 0 Å². The van der Waals surface area contributed by atoms with Crippen molar-refractivity contribution in [3.63, 3.8) is 0 Å². The number of carbonyl (C=O) groups is 4. The van der Waals surface area contributed by atoms with E-state index in [0.717, 1.165) is 0 Å². The standard InChI is InChI=1S/C15H23O8.Na/c1-5-20-12(16)10(13(17)21-6-2)9-11(14(18)22-7-3)15(19)23-8-4;/h10H,5-9H2,1-4H3;/q-1;+1. The third kappa shape index (κ3) is 8.56. The van der Waals surface area contributed by atoms with Crippen LogP contribution in [0.2, 0.25) is 0 Å². The number of ether oxygens (including phenoxy) is 4. The smallest absolute Gasteiger partial charge is 0.488 e. The minimum absolute atomic E-state index is 0. The molecule has 0 heterocycles. The van der Waals surface area contributed by atoms with Crippen LogP contribution in [0.25, 0.3) is 0 Å². The Hall–Kier alpha value is -1.25. The van der Waals surface area contributed by atoms with E-state index < -0.39 is 42.1 Å². The molecule has 0 aromatic rings. The van der Waals surface area contributed by atoms with Crippen molar-refractivity contribution in [3.05, 3.63) is 5.92 Å². The van der Waals surface area contributed by atoms with Gasteiger partial charge in [0.1, 0.15) is 5.92 Å². The van der Waals surface area contributed by atoms with E-state index in [0.29, 0.717) is 0 Å². The van der Waals surface area contributed by atoms with Gasteiger partial charge in [0, 0.05) is 0 Å². The van der Waals surface area contributed by atoms with E-state index >= 15 is 0 Å². The van der Waals surface area contributed by atoms with Gasteiger partial charge in [-0.15, -0.1) is 6.42 Å². The molecule has 0 fully saturated rings. The summed E-state index contributed by atoms with van der Waals surface area (Å²) in [6.07, 6.45) is -0.505. The van der Waals surface area contributed by atoms with Gasteiger partial charge in [-0.05, 0) is 27.7 Å². The Kier molecular flexibility index (Phi) is 14.7. The number of rotatable bonds is 10. The molecular formula is C15H23NaO8. The summed E-state index contributed by atoms with van der Waals surface area (Å²) in [5.41, 5.74) is 0. The van der Waals surface area contributed by atoms with Crippen molar-refractivity contribution in [2.24, 2.45) is 5.92 Å². The first-order chi connectivity index (χ1) is 10.9. The van der Waals surface area contributed by atoms with E-state index in [4.69, 9.17) is 18.9 Å². The molecule has 0 N–H and O–H groups in total. The Balaban J connectivity index is 0. The summed E-state index contributed by atoms with van der Waals surface area (Å²) < 4.78 is 19.1. The monoisotopic (exact) mass is 354 g/mol. The van der Waals surface area contributed by atoms with Gasteiger partial charge in [0.25, 0.3) is 0 Å². The molecule has 0 rings (SSSR count). The topological polar surface area (TPSA) is 105 Å². The average Bonchev–Trinajstić information content (AvgIpc) is 2.48. The first-order valence-electron chi connectivity index (χ1n) is 7.46. The van der Waals surface area contributed by atoms with Crippen molar-refractivity contribution in [1.82, 2.24) is 0 Å². The molecular weight excluding hydrogens is 331 g/mol. The third-order valence-electron chi connectivity index (χ3n) is 2.59. The molecule has 0 aromatic heterocycles. The molecule has 0 unspecified atom stereocenters. The zero-order valence-electron chi connectivity index (χ0n) is 14.9. The van der Waals surface area contributed by atoms with E-state index in [1.165, 1.54) is 0 Å². The summed E-state index contributed by atoms with van der Waals surface area (Å²) in [4.78, 5) is 47.6. The van der Waals surface area contributed by atoms with Gasteiger partial charge in [-0.3, -0.25) is 19.2 Å². The summed E-state index contributed by atoms with van der Waals surface area (Å²) in [6.45, 7) is 6.43. The molecule has 0 amide bonds. The number of hydrogen-bond donors (Lipinski definition) is 0. The van der Waals surface area contributed by atoms with Gasteiger partial charge in [0.2, 0.25) is 0 Å². The van der Waals surface area contributed by atoms with E-state index in [9.17, 15) is 19.2 Å². The first-order valence-corrected chi connectivity index (χ1v) is 7.46. The van der Waals surface area contributed by atoms with Gasteiger partial charge in [-0.2, -0.15) is 5.92 Å². The molecule has 0 atom stereocenters. The molecule has 0 aliphatic rings. The van der Waals surface area contributed by atoms with E-state index in [2.05, 4.69) is 0 Å². The van der Waals surface area contributed by atoms with E-state index in [1.807, 2.05) is 0 Å². The summed E-state index contributed by atoms with van der Waals surface area (Å²) in [6, 6.07) is 0. The third-order valence-corrected chi connectivity index (χ3v) is 2.59. The second-order valence-corrected chi connectivity index (χ2v) is 4.18. The van der Waals surface area contributed by atoms with Crippen molar-refractivity contribution >= 4 is 23.9 Å². The zero-order valence-corrected chi connectivity index (χ0v) is 16.9. The minimum Gasteiger partial charge on any atom is -0.488 e. The predicted octanol–water partition coefficient (Wildman–Crippen LogP) is -2.18. The Morgan fingerprint density at radius 1 is 0.708 bits per heavy atom. The molecule has 0 bridgehead atoms. The predicted molar refractivity (Wildman–Crippen MR) is 77.9 cm³/mol. The molecule has 0 aromatic carbocycles. The number of esters is 4. The van der Waals surface area contributed by atoms with Crippen LogP contribution in [-0.2, 0) is 38.1 Å². The SMILES string of the molecule is CCOC(=O)[C-](CC(C(=O)OCC)C(=O)OCC)C(=O)OCC.[Na+]. The molecule has 0 saturated heterocycles. The molecule has 24 heavy (non-hydrogen) atoms. The summed E-state index contributed by atoms with van der Waals surface area (Å²) in [5.74, 6) is -5.50. The molecule has 0 radical (unpaired) electrons. The van der Waals surface area contributed by atoms with Gasteiger partial charge in [-0.1, -0.05) is 0 Å². The maximum Gasteiger partial charge on any atom is 1.00 e. The fraction of sp³-hybridized carbons (Fsp3) is 0.667. The van der Waals surface area contributed by atoms with Crippen LogP contribution in [0, 0.1) is 11.8 Å². The quantitative estimate of drug-likeness (QED) is 0.143. The first kappa shape index (κ1) is 25.0. The van der Waals surface area contributed by atoms with Crippen LogP contribution in [0.15, 0.2) is 0 Å². The maximum absolute atomic E-state index is 11.9. The fourth-order valence-electron chi connectivity index (χ4n) is 1.64. The van der Waals surface area contributed by atoms with Crippen molar-refractivity contribution in [1.29, 1.82) is 0 Å². The van der Waals surface area contributed by atoms with Crippen LogP contribution in [0.3, 0.4) is 0 Å². The Morgan fingerprint density at radius 2 is 1.04 bits per heavy atom. The number of hydrogen-bond acceptors (Lipinski definition) is 8. The van der Waals surface area contributed by atoms with E-state index in [-0.39, 0.29) is 56.0 Å².